The minimum atomic E-state index is -0.610. The summed E-state index contributed by atoms with van der Waals surface area (Å²) < 4.78 is 19.5. The Morgan fingerprint density at radius 3 is 2.67 bits per heavy atom. The second-order valence-electron chi connectivity index (χ2n) is 6.85. The number of nitrogen functional groups attached to an aromatic ring is 1. The highest BCUT2D eigenvalue weighted by Crippen LogP contribution is 2.33. The molecule has 24 heavy (non-hydrogen) atoms. The Bertz CT molecular complexity index is 609. The van der Waals surface area contributed by atoms with Crippen molar-refractivity contribution in [2.75, 3.05) is 19.4 Å². The number of rotatable bonds is 4. The van der Waals surface area contributed by atoms with E-state index in [2.05, 4.69) is 17.3 Å². The Morgan fingerprint density at radius 2 is 2.04 bits per heavy atom. The summed E-state index contributed by atoms with van der Waals surface area (Å²) in [6.45, 7) is 2.23. The van der Waals surface area contributed by atoms with Gasteiger partial charge in [0, 0.05) is 24.2 Å². The number of hydrogen-bond acceptors (Lipinski definition) is 4. The average Bonchev–Trinajstić information content (AvgIpc) is 2.51. The molecule has 2 aliphatic heterocycles. The number of nitrogens with one attached hydrogen (secondary N) is 1. The van der Waals surface area contributed by atoms with Gasteiger partial charge in [-0.2, -0.15) is 0 Å². The molecule has 5 nitrogen and oxygen atoms in total. The molecule has 3 N–H and O–H groups in total. The molecule has 1 aromatic rings. The van der Waals surface area contributed by atoms with E-state index in [1.54, 1.807) is 0 Å². The Balaban J connectivity index is 1.72. The lowest BCUT2D eigenvalue weighted by molar-refractivity contribution is 0.0462. The molecule has 2 aliphatic rings. The summed E-state index contributed by atoms with van der Waals surface area (Å²) in [4.78, 5) is 15.0. The molecule has 2 fully saturated rings. The van der Waals surface area contributed by atoms with E-state index in [-0.39, 0.29) is 23.2 Å². The zero-order valence-electron chi connectivity index (χ0n) is 14.3. The lowest BCUT2D eigenvalue weighted by Gasteiger charge is -2.47. The number of carbonyl (C=O) groups excluding carboxylic acids is 1. The SMILES string of the molecule is CCOc1cc(C(=O)NC2CC3CCCC(C2)N3C)c(F)cc1N. The van der Waals surface area contributed by atoms with Gasteiger partial charge in [-0.25, -0.2) is 4.39 Å². The number of hydrogen-bond donors (Lipinski definition) is 2. The number of fused-ring (bicyclic) bond motifs is 2. The van der Waals surface area contributed by atoms with Crippen molar-refractivity contribution < 1.29 is 13.9 Å². The third kappa shape index (κ3) is 3.34. The molecule has 0 spiro atoms. The number of ether oxygens (including phenoxy) is 1. The van der Waals surface area contributed by atoms with Crippen molar-refractivity contribution in [1.82, 2.24) is 10.2 Å². The fraction of sp³-hybridized carbons (Fsp3) is 0.611. The van der Waals surface area contributed by atoms with Gasteiger partial charge in [-0.05, 0) is 45.7 Å². The van der Waals surface area contributed by atoms with Crippen molar-refractivity contribution >= 4 is 11.6 Å². The number of nitrogens with two attached hydrogens (primary N) is 1. The largest absolute Gasteiger partial charge is 0.492 e. The summed E-state index contributed by atoms with van der Waals surface area (Å²) in [6.07, 6.45) is 5.44. The molecule has 2 bridgehead atoms. The van der Waals surface area contributed by atoms with Crippen LogP contribution in [0.25, 0.3) is 0 Å². The highest BCUT2D eigenvalue weighted by Gasteiger charge is 2.36. The van der Waals surface area contributed by atoms with Crippen LogP contribution in [0.15, 0.2) is 12.1 Å². The summed E-state index contributed by atoms with van der Waals surface area (Å²) in [5, 5.41) is 3.01. The molecular weight excluding hydrogens is 309 g/mol. The van der Waals surface area contributed by atoms with Crippen LogP contribution in [0.5, 0.6) is 5.75 Å². The predicted molar refractivity (Wildman–Crippen MR) is 91.7 cm³/mol. The zero-order chi connectivity index (χ0) is 17.3. The van der Waals surface area contributed by atoms with Crippen LogP contribution in [0.4, 0.5) is 10.1 Å². The summed E-state index contributed by atoms with van der Waals surface area (Å²) in [5.41, 5.74) is 5.94. The van der Waals surface area contributed by atoms with Crippen LogP contribution in [0.3, 0.4) is 0 Å². The maximum atomic E-state index is 14.2. The van der Waals surface area contributed by atoms with E-state index in [4.69, 9.17) is 10.5 Å². The summed E-state index contributed by atoms with van der Waals surface area (Å²) in [5.74, 6) is -0.646. The molecule has 0 aliphatic carbocycles. The average molecular weight is 335 g/mol. The van der Waals surface area contributed by atoms with E-state index in [0.717, 1.165) is 18.9 Å². The number of benzene rings is 1. The Hall–Kier alpha value is -1.82. The first-order valence-electron chi connectivity index (χ1n) is 8.74. The van der Waals surface area contributed by atoms with Gasteiger partial charge in [-0.15, -0.1) is 0 Å². The first-order valence-corrected chi connectivity index (χ1v) is 8.74. The first-order chi connectivity index (χ1) is 11.5. The molecule has 2 unspecified atom stereocenters. The van der Waals surface area contributed by atoms with E-state index >= 15 is 0 Å². The number of nitrogens with zero attached hydrogens (tertiary/aromatic N) is 1. The van der Waals surface area contributed by atoms with Crippen LogP contribution in [0.1, 0.15) is 49.4 Å². The van der Waals surface area contributed by atoms with Crippen LogP contribution in [0.2, 0.25) is 0 Å². The third-order valence-corrected chi connectivity index (χ3v) is 5.32. The van der Waals surface area contributed by atoms with Gasteiger partial charge in [-0.3, -0.25) is 4.79 Å². The van der Waals surface area contributed by atoms with Crippen LogP contribution >= 0.6 is 0 Å². The van der Waals surface area contributed by atoms with Gasteiger partial charge >= 0.3 is 0 Å². The minimum Gasteiger partial charge on any atom is -0.492 e. The van der Waals surface area contributed by atoms with Crippen molar-refractivity contribution in [2.45, 2.75) is 57.2 Å². The smallest absolute Gasteiger partial charge is 0.254 e. The Kier molecular flexibility index (Phi) is 4.94. The highest BCUT2D eigenvalue weighted by atomic mass is 19.1. The summed E-state index contributed by atoms with van der Waals surface area (Å²) in [6, 6.07) is 3.68. The third-order valence-electron chi connectivity index (χ3n) is 5.32. The summed E-state index contributed by atoms with van der Waals surface area (Å²) >= 11 is 0. The molecule has 2 saturated heterocycles. The topological polar surface area (TPSA) is 67.6 Å². The van der Waals surface area contributed by atoms with Gasteiger partial charge in [-0.1, -0.05) is 6.42 Å². The van der Waals surface area contributed by atoms with Crippen molar-refractivity contribution in [3.63, 3.8) is 0 Å². The molecule has 2 heterocycles. The standard InChI is InChI=1S/C18H26FN3O2/c1-3-24-17-9-14(15(19)10-16(17)20)18(23)21-11-7-12-5-4-6-13(8-11)22(12)2/h9-13H,3-8,20H2,1-2H3,(H,21,23). The maximum Gasteiger partial charge on any atom is 0.254 e. The van der Waals surface area contributed by atoms with Crippen molar-refractivity contribution in [3.05, 3.63) is 23.5 Å². The van der Waals surface area contributed by atoms with Gasteiger partial charge in [0.2, 0.25) is 0 Å². The van der Waals surface area contributed by atoms with E-state index in [1.807, 2.05) is 6.92 Å². The number of halogens is 1. The summed E-state index contributed by atoms with van der Waals surface area (Å²) in [7, 11) is 2.17. The highest BCUT2D eigenvalue weighted by molar-refractivity contribution is 5.95. The molecule has 0 saturated carbocycles. The van der Waals surface area contributed by atoms with E-state index in [0.29, 0.717) is 24.4 Å². The minimum absolute atomic E-state index is 0.00302. The second-order valence-corrected chi connectivity index (χ2v) is 6.85. The maximum absolute atomic E-state index is 14.2. The Labute approximate surface area is 142 Å². The molecule has 1 aromatic carbocycles. The van der Waals surface area contributed by atoms with Gasteiger partial charge < -0.3 is 20.7 Å². The Morgan fingerprint density at radius 1 is 1.38 bits per heavy atom. The number of piperidine rings is 2. The van der Waals surface area contributed by atoms with Gasteiger partial charge in [0.15, 0.2) is 0 Å². The van der Waals surface area contributed by atoms with Crippen LogP contribution in [0, 0.1) is 5.82 Å². The number of amides is 1. The van der Waals surface area contributed by atoms with Crippen molar-refractivity contribution in [3.8, 4) is 5.75 Å². The normalized spacial score (nSPS) is 26.9. The zero-order valence-corrected chi connectivity index (χ0v) is 14.3. The fourth-order valence-electron chi connectivity index (χ4n) is 4.02. The van der Waals surface area contributed by atoms with E-state index < -0.39 is 5.82 Å². The molecule has 3 rings (SSSR count). The van der Waals surface area contributed by atoms with Crippen LogP contribution < -0.4 is 15.8 Å². The lowest BCUT2D eigenvalue weighted by atomic mass is 9.82. The van der Waals surface area contributed by atoms with E-state index in [1.165, 1.54) is 25.3 Å². The lowest BCUT2D eigenvalue weighted by Crippen LogP contribution is -2.55. The molecule has 0 radical (unpaired) electrons. The number of anilines is 1. The molecule has 6 heteroatoms. The fourth-order valence-corrected chi connectivity index (χ4v) is 4.02. The quantitative estimate of drug-likeness (QED) is 0.830. The van der Waals surface area contributed by atoms with Crippen LogP contribution in [-0.2, 0) is 0 Å². The van der Waals surface area contributed by atoms with Gasteiger partial charge in [0.25, 0.3) is 5.91 Å². The van der Waals surface area contributed by atoms with Gasteiger partial charge in [0.1, 0.15) is 11.6 Å². The monoisotopic (exact) mass is 335 g/mol. The molecular formula is C18H26FN3O2. The second kappa shape index (κ2) is 6.97. The molecule has 1 amide bonds. The van der Waals surface area contributed by atoms with Crippen LogP contribution in [-0.4, -0.2) is 42.6 Å². The first kappa shape index (κ1) is 17.0. The van der Waals surface area contributed by atoms with E-state index in [9.17, 15) is 9.18 Å². The molecule has 0 aromatic heterocycles. The molecule has 2 atom stereocenters. The number of carbonyl (C=O) groups is 1. The van der Waals surface area contributed by atoms with Gasteiger partial charge in [0.05, 0.1) is 17.9 Å². The molecule has 132 valence electrons. The van der Waals surface area contributed by atoms with Crippen molar-refractivity contribution in [1.29, 1.82) is 0 Å². The predicted octanol–water partition coefficient (Wildman–Crippen LogP) is 2.55. The van der Waals surface area contributed by atoms with Crippen molar-refractivity contribution in [2.24, 2.45) is 0 Å².